The molecule has 1 aliphatic rings. The molecule has 0 spiro atoms. The molecule has 6 nitrogen and oxygen atoms in total. The first-order valence-corrected chi connectivity index (χ1v) is 11.1. The third-order valence-corrected chi connectivity index (χ3v) is 5.98. The van der Waals surface area contributed by atoms with Gasteiger partial charge in [-0.25, -0.2) is 4.98 Å². The molecule has 1 unspecified atom stereocenters. The molecule has 0 saturated carbocycles. The molecule has 2 aromatic heterocycles. The van der Waals surface area contributed by atoms with Crippen molar-refractivity contribution in [3.63, 3.8) is 0 Å². The predicted molar refractivity (Wildman–Crippen MR) is 129 cm³/mol. The molecule has 1 atom stereocenters. The number of alkyl halides is 3. The number of amidine groups is 1. The summed E-state index contributed by atoms with van der Waals surface area (Å²) in [5, 5.41) is 3.06. The number of hydrogen-bond acceptors (Lipinski definition) is 3. The molecule has 0 fully saturated rings. The van der Waals surface area contributed by atoms with Gasteiger partial charge in [0.1, 0.15) is 5.69 Å². The van der Waals surface area contributed by atoms with Crippen LogP contribution in [0.15, 0.2) is 88.7 Å². The highest BCUT2D eigenvalue weighted by molar-refractivity contribution is 5.98. The fraction of sp³-hybridized carbons (Fsp3) is 0.192. The predicted octanol–water partition coefficient (Wildman–Crippen LogP) is 5.22. The van der Waals surface area contributed by atoms with E-state index in [1.54, 1.807) is 48.9 Å². The maximum absolute atomic E-state index is 13.8. The number of imidazole rings is 1. The number of nitrogens with zero attached hydrogens (tertiary/aromatic N) is 4. The summed E-state index contributed by atoms with van der Waals surface area (Å²) < 4.78 is 44.6. The minimum absolute atomic E-state index is 0.216. The topological polar surface area (TPSA) is 64.2 Å². The van der Waals surface area contributed by atoms with Crippen LogP contribution < -0.4 is 10.9 Å². The second-order valence-electron chi connectivity index (χ2n) is 8.51. The minimum Gasteiger partial charge on any atom is -0.345 e. The van der Waals surface area contributed by atoms with Crippen LogP contribution in [0.4, 0.5) is 13.2 Å². The Morgan fingerprint density at radius 3 is 2.63 bits per heavy atom. The Morgan fingerprint density at radius 2 is 1.89 bits per heavy atom. The van der Waals surface area contributed by atoms with Crippen LogP contribution in [0.5, 0.6) is 0 Å². The maximum Gasteiger partial charge on any atom is 0.417 e. The zero-order valence-electron chi connectivity index (χ0n) is 19.0. The van der Waals surface area contributed by atoms with Crippen LogP contribution in [0, 0.1) is 0 Å². The zero-order valence-corrected chi connectivity index (χ0v) is 19.0. The molecule has 2 aromatic carbocycles. The van der Waals surface area contributed by atoms with Gasteiger partial charge >= 0.3 is 6.18 Å². The Balaban J connectivity index is 1.75. The molecular weight excluding hydrogens is 455 g/mol. The molecule has 1 N–H and O–H groups in total. The van der Waals surface area contributed by atoms with Gasteiger partial charge in [-0.3, -0.25) is 14.4 Å². The number of benzene rings is 2. The summed E-state index contributed by atoms with van der Waals surface area (Å²) in [5.41, 5.74) is 1.10. The molecule has 1 aliphatic heterocycles. The van der Waals surface area contributed by atoms with Gasteiger partial charge in [0, 0.05) is 18.4 Å². The third-order valence-electron chi connectivity index (χ3n) is 5.98. The summed E-state index contributed by atoms with van der Waals surface area (Å²) >= 11 is 0. The lowest BCUT2D eigenvalue weighted by Crippen LogP contribution is -2.26. The van der Waals surface area contributed by atoms with Crippen molar-refractivity contribution in [2.45, 2.75) is 32.6 Å². The average molecular weight is 477 g/mol. The fourth-order valence-electron chi connectivity index (χ4n) is 4.36. The van der Waals surface area contributed by atoms with Crippen molar-refractivity contribution < 1.29 is 13.2 Å². The van der Waals surface area contributed by atoms with Gasteiger partial charge in [0.2, 0.25) is 0 Å². The van der Waals surface area contributed by atoms with E-state index in [4.69, 9.17) is 4.99 Å². The Labute approximate surface area is 199 Å². The van der Waals surface area contributed by atoms with Gasteiger partial charge in [-0.2, -0.15) is 13.2 Å². The number of fused-ring (bicyclic) bond motifs is 2. The van der Waals surface area contributed by atoms with Crippen molar-refractivity contribution in [2.24, 2.45) is 4.99 Å². The Hall–Kier alpha value is -4.14. The molecule has 4 aromatic rings. The van der Waals surface area contributed by atoms with Crippen LogP contribution in [0.3, 0.4) is 0 Å². The first kappa shape index (κ1) is 22.6. The van der Waals surface area contributed by atoms with E-state index < -0.39 is 23.3 Å². The number of para-hydroxylation sites is 1. The van der Waals surface area contributed by atoms with E-state index in [1.165, 1.54) is 16.7 Å². The number of pyridine rings is 1. The maximum atomic E-state index is 13.8. The first-order valence-electron chi connectivity index (χ1n) is 11.1. The molecule has 35 heavy (non-hydrogen) atoms. The van der Waals surface area contributed by atoms with Gasteiger partial charge in [-0.05, 0) is 49.1 Å². The number of halogens is 3. The number of aliphatic imine (C=N–C) groups is 1. The van der Waals surface area contributed by atoms with Gasteiger partial charge in [0.05, 0.1) is 35.2 Å². The first-order chi connectivity index (χ1) is 16.7. The van der Waals surface area contributed by atoms with Crippen LogP contribution in [0.1, 0.15) is 36.8 Å². The highest BCUT2D eigenvalue weighted by Gasteiger charge is 2.34. The van der Waals surface area contributed by atoms with E-state index in [2.05, 4.69) is 10.3 Å². The number of rotatable bonds is 3. The molecule has 5 rings (SSSR count). The highest BCUT2D eigenvalue weighted by atomic mass is 19.4. The van der Waals surface area contributed by atoms with Crippen LogP contribution in [0.2, 0.25) is 0 Å². The monoisotopic (exact) mass is 477 g/mol. The standard InChI is InChI=1S/C26H22F3N5O/c1-16-12-31-24(22-13-30-15-33(22)14-16)32-17(2)21-11-18-7-6-10-20(26(27,28)29)23(18)25(35)34(21)19-8-4-3-5-9-19/h3-13,15,17H,14H2,1-2H3,(H,31,32). The van der Waals surface area contributed by atoms with Gasteiger partial charge in [-0.1, -0.05) is 30.3 Å². The van der Waals surface area contributed by atoms with Crippen molar-refractivity contribution in [2.75, 3.05) is 0 Å². The molecule has 0 amide bonds. The van der Waals surface area contributed by atoms with Crippen LogP contribution in [0.25, 0.3) is 16.5 Å². The van der Waals surface area contributed by atoms with E-state index >= 15 is 0 Å². The van der Waals surface area contributed by atoms with Crippen molar-refractivity contribution in [1.29, 1.82) is 0 Å². The Morgan fingerprint density at radius 1 is 1.11 bits per heavy atom. The molecular formula is C26H22F3N5O. The quantitative estimate of drug-likeness (QED) is 0.440. The van der Waals surface area contributed by atoms with E-state index in [0.29, 0.717) is 23.8 Å². The molecule has 0 radical (unpaired) electrons. The lowest BCUT2D eigenvalue weighted by Gasteiger charge is -2.20. The van der Waals surface area contributed by atoms with Gasteiger partial charge in [-0.15, -0.1) is 0 Å². The summed E-state index contributed by atoms with van der Waals surface area (Å²) in [6.07, 6.45) is 0.617. The van der Waals surface area contributed by atoms with Crippen LogP contribution >= 0.6 is 0 Å². The van der Waals surface area contributed by atoms with Crippen LogP contribution in [-0.4, -0.2) is 20.0 Å². The zero-order chi connectivity index (χ0) is 24.7. The molecule has 9 heteroatoms. The molecule has 0 saturated heterocycles. The van der Waals surface area contributed by atoms with E-state index in [-0.39, 0.29) is 10.8 Å². The Bertz CT molecular complexity index is 1530. The number of hydrogen-bond donors (Lipinski definition) is 1. The van der Waals surface area contributed by atoms with Crippen molar-refractivity contribution in [3.8, 4) is 5.69 Å². The molecule has 3 heterocycles. The van der Waals surface area contributed by atoms with E-state index in [9.17, 15) is 18.0 Å². The summed E-state index contributed by atoms with van der Waals surface area (Å²) in [5.74, 6) is 0.558. The molecule has 0 aliphatic carbocycles. The summed E-state index contributed by atoms with van der Waals surface area (Å²) in [6.45, 7) is 4.45. The van der Waals surface area contributed by atoms with Gasteiger partial charge in [0.25, 0.3) is 5.56 Å². The number of nitrogens with one attached hydrogen (secondary N) is 1. The average Bonchev–Trinajstić information content (AvgIpc) is 3.23. The van der Waals surface area contributed by atoms with Crippen molar-refractivity contribution in [1.82, 2.24) is 19.4 Å². The summed E-state index contributed by atoms with van der Waals surface area (Å²) in [4.78, 5) is 22.7. The largest absolute Gasteiger partial charge is 0.417 e. The minimum atomic E-state index is -4.66. The highest BCUT2D eigenvalue weighted by Crippen LogP contribution is 2.34. The third kappa shape index (κ3) is 4.14. The fourth-order valence-corrected chi connectivity index (χ4v) is 4.36. The summed E-state index contributed by atoms with van der Waals surface area (Å²) in [6, 6.07) is 13.5. The van der Waals surface area contributed by atoms with Crippen molar-refractivity contribution in [3.05, 3.63) is 106 Å². The molecule has 178 valence electrons. The van der Waals surface area contributed by atoms with Crippen LogP contribution in [-0.2, 0) is 12.7 Å². The van der Waals surface area contributed by atoms with Gasteiger partial charge in [0.15, 0.2) is 5.84 Å². The lowest BCUT2D eigenvalue weighted by molar-refractivity contribution is -0.136. The lowest BCUT2D eigenvalue weighted by atomic mass is 10.0. The Kier molecular flexibility index (Phi) is 5.55. The number of aromatic nitrogens is 3. The number of allylic oxidation sites excluding steroid dienone is 1. The second-order valence-corrected chi connectivity index (χ2v) is 8.51. The smallest absolute Gasteiger partial charge is 0.345 e. The second kappa shape index (κ2) is 8.57. The molecule has 0 bridgehead atoms. The SMILES string of the molecule is CC1=CNC(=NC(C)c2cc3cccc(C(F)(F)F)c3c(=O)n2-c2ccccc2)c2cncn2C1. The van der Waals surface area contributed by atoms with Crippen molar-refractivity contribution >= 4 is 16.6 Å². The van der Waals surface area contributed by atoms with E-state index in [1.807, 2.05) is 24.6 Å². The van der Waals surface area contributed by atoms with E-state index in [0.717, 1.165) is 17.3 Å². The van der Waals surface area contributed by atoms with Gasteiger partial charge < -0.3 is 9.88 Å². The summed E-state index contributed by atoms with van der Waals surface area (Å²) in [7, 11) is 0. The normalized spacial score (nSPS) is 15.9.